The van der Waals surface area contributed by atoms with E-state index in [1.54, 1.807) is 0 Å². The predicted molar refractivity (Wildman–Crippen MR) is 70.2 cm³/mol. The summed E-state index contributed by atoms with van der Waals surface area (Å²) < 4.78 is 0. The van der Waals surface area contributed by atoms with Crippen LogP contribution in [0.2, 0.25) is 0 Å². The van der Waals surface area contributed by atoms with Gasteiger partial charge in [0.05, 0.1) is 0 Å². The van der Waals surface area contributed by atoms with Crippen molar-refractivity contribution in [1.82, 2.24) is 5.32 Å². The number of carboxylic acids is 1. The molecule has 0 aromatic rings. The van der Waals surface area contributed by atoms with Gasteiger partial charge in [-0.05, 0) is 30.6 Å². The van der Waals surface area contributed by atoms with Crippen molar-refractivity contribution in [2.45, 2.75) is 52.9 Å². The van der Waals surface area contributed by atoms with Crippen molar-refractivity contribution < 1.29 is 14.7 Å². The van der Waals surface area contributed by atoms with Crippen molar-refractivity contribution in [2.24, 2.45) is 17.3 Å². The monoisotopic (exact) mass is 255 g/mol. The number of hydrogen-bond donors (Lipinski definition) is 2. The van der Waals surface area contributed by atoms with Crippen LogP contribution in [0.3, 0.4) is 0 Å². The number of hydrogen-bond acceptors (Lipinski definition) is 2. The van der Waals surface area contributed by atoms with Crippen LogP contribution < -0.4 is 5.32 Å². The number of carbonyl (C=O) groups excluding carboxylic acids is 1. The molecule has 4 nitrogen and oxygen atoms in total. The summed E-state index contributed by atoms with van der Waals surface area (Å²) in [6.45, 7) is 6.72. The van der Waals surface area contributed by atoms with Gasteiger partial charge >= 0.3 is 5.97 Å². The van der Waals surface area contributed by atoms with Gasteiger partial charge in [-0.25, -0.2) is 0 Å². The Bertz CT molecular complexity index is 312. The molecule has 0 aromatic carbocycles. The molecule has 0 heterocycles. The van der Waals surface area contributed by atoms with E-state index in [9.17, 15) is 9.59 Å². The predicted octanol–water partition coefficient (Wildman–Crippen LogP) is 2.43. The third-order valence-corrected chi connectivity index (χ3v) is 3.72. The third kappa shape index (κ3) is 5.07. The molecule has 1 rings (SSSR count). The molecule has 0 spiro atoms. The second-order valence-electron chi connectivity index (χ2n) is 6.41. The van der Waals surface area contributed by atoms with E-state index in [-0.39, 0.29) is 29.6 Å². The first-order chi connectivity index (χ1) is 8.30. The molecule has 2 N–H and O–H groups in total. The molecule has 1 saturated carbocycles. The van der Waals surface area contributed by atoms with Gasteiger partial charge in [0.15, 0.2) is 0 Å². The molecule has 2 atom stereocenters. The quantitative estimate of drug-likeness (QED) is 0.793. The first-order valence-corrected chi connectivity index (χ1v) is 6.80. The van der Waals surface area contributed by atoms with Gasteiger partial charge in [-0.15, -0.1) is 0 Å². The molecule has 0 radical (unpaired) electrons. The molecular formula is C14H25NO3. The summed E-state index contributed by atoms with van der Waals surface area (Å²) in [7, 11) is 0. The summed E-state index contributed by atoms with van der Waals surface area (Å²) in [5, 5.41) is 11.5. The highest BCUT2D eigenvalue weighted by molar-refractivity contribution is 5.78. The lowest BCUT2D eigenvalue weighted by Gasteiger charge is -2.34. The lowest BCUT2D eigenvalue weighted by molar-refractivity contribution is -0.138. The second kappa shape index (κ2) is 6.21. The Balaban J connectivity index is 2.34. The minimum Gasteiger partial charge on any atom is -0.481 e. The van der Waals surface area contributed by atoms with E-state index in [2.05, 4.69) is 19.2 Å². The fraction of sp³-hybridized carbons (Fsp3) is 0.857. The SMILES string of the molecule is CC(CNC(=O)C1CCCC(C)(C)C1)CC(=O)O. The molecule has 104 valence electrons. The molecule has 0 saturated heterocycles. The maximum atomic E-state index is 12.0. The molecule has 0 bridgehead atoms. The lowest BCUT2D eigenvalue weighted by atomic mass is 9.72. The maximum Gasteiger partial charge on any atom is 0.303 e. The van der Waals surface area contributed by atoms with Gasteiger partial charge in [-0.1, -0.05) is 27.2 Å². The van der Waals surface area contributed by atoms with Crippen LogP contribution in [-0.2, 0) is 9.59 Å². The van der Waals surface area contributed by atoms with E-state index in [1.165, 1.54) is 6.42 Å². The summed E-state index contributed by atoms with van der Waals surface area (Å²) >= 11 is 0. The van der Waals surface area contributed by atoms with E-state index in [4.69, 9.17) is 5.11 Å². The van der Waals surface area contributed by atoms with Crippen LogP contribution in [-0.4, -0.2) is 23.5 Å². The summed E-state index contributed by atoms with van der Waals surface area (Å²) in [4.78, 5) is 22.5. The van der Waals surface area contributed by atoms with Crippen LogP contribution in [0.4, 0.5) is 0 Å². The number of nitrogens with one attached hydrogen (secondary N) is 1. The molecule has 0 aromatic heterocycles. The molecule has 0 aliphatic heterocycles. The zero-order chi connectivity index (χ0) is 13.8. The fourth-order valence-corrected chi connectivity index (χ4v) is 2.71. The van der Waals surface area contributed by atoms with Crippen LogP contribution in [0.5, 0.6) is 0 Å². The Kier molecular flexibility index (Phi) is 5.17. The molecule has 1 aliphatic carbocycles. The number of carbonyl (C=O) groups is 2. The smallest absolute Gasteiger partial charge is 0.303 e. The van der Waals surface area contributed by atoms with Gasteiger partial charge in [0.1, 0.15) is 0 Å². The number of amides is 1. The van der Waals surface area contributed by atoms with Gasteiger partial charge in [-0.2, -0.15) is 0 Å². The highest BCUT2D eigenvalue weighted by Gasteiger charge is 2.31. The lowest BCUT2D eigenvalue weighted by Crippen LogP contribution is -2.38. The number of aliphatic carboxylic acids is 1. The fourth-order valence-electron chi connectivity index (χ4n) is 2.71. The first-order valence-electron chi connectivity index (χ1n) is 6.80. The van der Waals surface area contributed by atoms with E-state index < -0.39 is 5.97 Å². The minimum absolute atomic E-state index is 0.0111. The van der Waals surface area contributed by atoms with Crippen molar-refractivity contribution in [1.29, 1.82) is 0 Å². The Labute approximate surface area is 109 Å². The maximum absolute atomic E-state index is 12.0. The third-order valence-electron chi connectivity index (χ3n) is 3.72. The Hall–Kier alpha value is -1.06. The Morgan fingerprint density at radius 2 is 2.11 bits per heavy atom. The molecule has 1 aliphatic rings. The topological polar surface area (TPSA) is 66.4 Å². The normalized spacial score (nSPS) is 24.3. The molecule has 1 amide bonds. The van der Waals surface area contributed by atoms with Crippen molar-refractivity contribution >= 4 is 11.9 Å². The van der Waals surface area contributed by atoms with Crippen LogP contribution in [0.15, 0.2) is 0 Å². The van der Waals surface area contributed by atoms with Gasteiger partial charge in [-0.3, -0.25) is 9.59 Å². The van der Waals surface area contributed by atoms with E-state index >= 15 is 0 Å². The minimum atomic E-state index is -0.810. The summed E-state index contributed by atoms with van der Waals surface area (Å²) in [5.41, 5.74) is 0.257. The summed E-state index contributed by atoms with van der Waals surface area (Å²) in [5.74, 6) is -0.621. The highest BCUT2D eigenvalue weighted by atomic mass is 16.4. The second-order valence-corrected chi connectivity index (χ2v) is 6.41. The van der Waals surface area contributed by atoms with Crippen molar-refractivity contribution in [2.75, 3.05) is 6.54 Å². The van der Waals surface area contributed by atoms with Gasteiger partial charge in [0.25, 0.3) is 0 Å². The molecule has 1 fully saturated rings. The summed E-state index contributed by atoms with van der Waals surface area (Å²) in [6, 6.07) is 0. The molecule has 4 heteroatoms. The van der Waals surface area contributed by atoms with Crippen LogP contribution in [0, 0.1) is 17.3 Å². The number of rotatable bonds is 5. The van der Waals surface area contributed by atoms with Gasteiger partial charge in [0.2, 0.25) is 5.91 Å². The zero-order valence-corrected chi connectivity index (χ0v) is 11.7. The summed E-state index contributed by atoms with van der Waals surface area (Å²) in [6.07, 6.45) is 4.30. The standard InChI is InChI=1S/C14H25NO3/c1-10(7-12(16)17)9-15-13(18)11-5-4-6-14(2,3)8-11/h10-11H,4-9H2,1-3H3,(H,15,18)(H,16,17). The van der Waals surface area contributed by atoms with Crippen molar-refractivity contribution in [3.05, 3.63) is 0 Å². The average Bonchev–Trinajstić information content (AvgIpc) is 2.23. The highest BCUT2D eigenvalue weighted by Crippen LogP contribution is 2.38. The molecule has 2 unspecified atom stereocenters. The first kappa shape index (κ1) is 15.0. The van der Waals surface area contributed by atoms with Crippen molar-refractivity contribution in [3.63, 3.8) is 0 Å². The number of carboxylic acid groups (broad SMARTS) is 1. The van der Waals surface area contributed by atoms with Crippen LogP contribution in [0.1, 0.15) is 52.9 Å². The zero-order valence-electron chi connectivity index (χ0n) is 11.7. The average molecular weight is 255 g/mol. The van der Waals surface area contributed by atoms with Crippen LogP contribution in [0.25, 0.3) is 0 Å². The Morgan fingerprint density at radius 1 is 1.44 bits per heavy atom. The largest absolute Gasteiger partial charge is 0.481 e. The Morgan fingerprint density at radius 3 is 2.67 bits per heavy atom. The van der Waals surface area contributed by atoms with Crippen molar-refractivity contribution in [3.8, 4) is 0 Å². The molecule has 18 heavy (non-hydrogen) atoms. The van der Waals surface area contributed by atoms with Gasteiger partial charge in [0, 0.05) is 18.9 Å². The van der Waals surface area contributed by atoms with E-state index in [0.717, 1.165) is 19.3 Å². The molecular weight excluding hydrogens is 230 g/mol. The van der Waals surface area contributed by atoms with Gasteiger partial charge < -0.3 is 10.4 Å². The van der Waals surface area contributed by atoms with Crippen LogP contribution >= 0.6 is 0 Å². The van der Waals surface area contributed by atoms with E-state index in [0.29, 0.717) is 6.54 Å². The van der Waals surface area contributed by atoms with E-state index in [1.807, 2.05) is 6.92 Å².